The largest absolute Gasteiger partial charge is 0.479 e. The van der Waals surface area contributed by atoms with E-state index >= 15 is 0 Å². The molecule has 1 N–H and O–H groups in total. The standard InChI is InChI=1S/C13H22FNO3/c1-4-5-10(9(2)3)11(16)15-7-6-13(14,8-15)12(17)18/h9-10H,4-8H2,1-3H3,(H,17,18). The molecule has 0 aromatic heterocycles. The van der Waals surface area contributed by atoms with Crippen LogP contribution in [-0.2, 0) is 9.59 Å². The average molecular weight is 259 g/mol. The summed E-state index contributed by atoms with van der Waals surface area (Å²) in [6, 6.07) is 0. The zero-order valence-corrected chi connectivity index (χ0v) is 11.3. The molecule has 5 heteroatoms. The fourth-order valence-electron chi connectivity index (χ4n) is 2.42. The first kappa shape index (κ1) is 14.9. The predicted octanol–water partition coefficient (Wildman–Crippen LogP) is 2.08. The molecule has 1 fully saturated rings. The van der Waals surface area contributed by atoms with Crippen LogP contribution in [0.1, 0.15) is 40.0 Å². The Morgan fingerprint density at radius 3 is 2.44 bits per heavy atom. The Balaban J connectivity index is 2.71. The summed E-state index contributed by atoms with van der Waals surface area (Å²) in [6.45, 7) is 5.83. The molecule has 0 saturated carbocycles. The highest BCUT2D eigenvalue weighted by molar-refractivity contribution is 5.83. The second kappa shape index (κ2) is 5.67. The summed E-state index contributed by atoms with van der Waals surface area (Å²) in [6.07, 6.45) is 1.55. The van der Waals surface area contributed by atoms with Gasteiger partial charge in [0.2, 0.25) is 11.6 Å². The van der Waals surface area contributed by atoms with Crippen LogP contribution in [0.3, 0.4) is 0 Å². The molecule has 0 aromatic rings. The maximum atomic E-state index is 13.9. The molecule has 1 aliphatic rings. The summed E-state index contributed by atoms with van der Waals surface area (Å²) < 4.78 is 13.9. The van der Waals surface area contributed by atoms with Crippen LogP contribution in [0, 0.1) is 11.8 Å². The van der Waals surface area contributed by atoms with E-state index in [1.54, 1.807) is 0 Å². The van der Waals surface area contributed by atoms with Crippen molar-refractivity contribution in [2.24, 2.45) is 11.8 Å². The number of hydrogen-bond donors (Lipinski definition) is 1. The van der Waals surface area contributed by atoms with E-state index in [-0.39, 0.29) is 37.3 Å². The monoisotopic (exact) mass is 259 g/mol. The molecule has 1 heterocycles. The predicted molar refractivity (Wildman–Crippen MR) is 65.9 cm³/mol. The van der Waals surface area contributed by atoms with E-state index in [0.717, 1.165) is 12.8 Å². The summed E-state index contributed by atoms with van der Waals surface area (Å²) in [5.74, 6) is -1.51. The molecule has 18 heavy (non-hydrogen) atoms. The SMILES string of the molecule is CCCC(C(=O)N1CCC(F)(C(=O)O)C1)C(C)C. The van der Waals surface area contributed by atoms with Crippen LogP contribution < -0.4 is 0 Å². The van der Waals surface area contributed by atoms with E-state index in [2.05, 4.69) is 0 Å². The van der Waals surface area contributed by atoms with Gasteiger partial charge in [0.1, 0.15) is 0 Å². The molecule has 0 aliphatic carbocycles. The van der Waals surface area contributed by atoms with Crippen molar-refractivity contribution in [3.05, 3.63) is 0 Å². The Morgan fingerprint density at radius 2 is 2.06 bits per heavy atom. The zero-order chi connectivity index (χ0) is 13.9. The zero-order valence-electron chi connectivity index (χ0n) is 11.3. The summed E-state index contributed by atoms with van der Waals surface area (Å²) in [4.78, 5) is 24.4. The third-order valence-electron chi connectivity index (χ3n) is 3.64. The molecule has 1 aliphatic heterocycles. The van der Waals surface area contributed by atoms with Gasteiger partial charge in [0.25, 0.3) is 0 Å². The van der Waals surface area contributed by atoms with Crippen molar-refractivity contribution in [3.8, 4) is 0 Å². The molecular weight excluding hydrogens is 237 g/mol. The molecule has 1 rings (SSSR count). The van der Waals surface area contributed by atoms with Crippen LogP contribution in [0.2, 0.25) is 0 Å². The molecule has 2 unspecified atom stereocenters. The fourth-order valence-corrected chi connectivity index (χ4v) is 2.42. The van der Waals surface area contributed by atoms with Crippen LogP contribution >= 0.6 is 0 Å². The average Bonchev–Trinajstić information content (AvgIpc) is 2.69. The first-order valence-corrected chi connectivity index (χ1v) is 6.53. The molecular formula is C13H22FNO3. The first-order chi connectivity index (χ1) is 8.31. The van der Waals surface area contributed by atoms with Crippen molar-refractivity contribution in [2.75, 3.05) is 13.1 Å². The Hall–Kier alpha value is -1.13. The van der Waals surface area contributed by atoms with Gasteiger partial charge in [0, 0.05) is 18.9 Å². The normalized spacial score (nSPS) is 25.5. The van der Waals surface area contributed by atoms with Crippen molar-refractivity contribution < 1.29 is 19.1 Å². The molecule has 0 aromatic carbocycles. The van der Waals surface area contributed by atoms with Crippen molar-refractivity contribution in [1.29, 1.82) is 0 Å². The maximum Gasteiger partial charge on any atom is 0.343 e. The van der Waals surface area contributed by atoms with Gasteiger partial charge >= 0.3 is 5.97 Å². The molecule has 4 nitrogen and oxygen atoms in total. The number of carbonyl (C=O) groups is 2. The number of alkyl halides is 1. The first-order valence-electron chi connectivity index (χ1n) is 6.53. The number of hydrogen-bond acceptors (Lipinski definition) is 2. The number of carboxylic acid groups (broad SMARTS) is 1. The number of carboxylic acids is 1. The van der Waals surface area contributed by atoms with E-state index in [4.69, 9.17) is 5.11 Å². The van der Waals surface area contributed by atoms with E-state index in [1.807, 2.05) is 20.8 Å². The second-order valence-electron chi connectivity index (χ2n) is 5.42. The molecule has 0 bridgehead atoms. The molecule has 1 amide bonds. The molecule has 0 spiro atoms. The minimum absolute atomic E-state index is 0.104. The number of halogens is 1. The van der Waals surface area contributed by atoms with Gasteiger partial charge in [-0.3, -0.25) is 4.79 Å². The second-order valence-corrected chi connectivity index (χ2v) is 5.42. The Morgan fingerprint density at radius 1 is 1.44 bits per heavy atom. The lowest BCUT2D eigenvalue weighted by atomic mass is 9.90. The number of rotatable bonds is 5. The third kappa shape index (κ3) is 3.00. The summed E-state index contributed by atoms with van der Waals surface area (Å²) in [5.41, 5.74) is -2.26. The number of aliphatic carboxylic acids is 1. The Bertz CT molecular complexity index is 332. The van der Waals surface area contributed by atoms with Gasteiger partial charge < -0.3 is 10.0 Å². The highest BCUT2D eigenvalue weighted by Gasteiger charge is 2.47. The number of nitrogens with zero attached hydrogens (tertiary/aromatic N) is 1. The van der Waals surface area contributed by atoms with Gasteiger partial charge in [-0.05, 0) is 12.3 Å². The Labute approximate surface area is 107 Å². The summed E-state index contributed by atoms with van der Waals surface area (Å²) >= 11 is 0. The topological polar surface area (TPSA) is 57.6 Å². The molecule has 0 radical (unpaired) electrons. The van der Waals surface area contributed by atoms with Crippen LogP contribution in [0.25, 0.3) is 0 Å². The van der Waals surface area contributed by atoms with Crippen molar-refractivity contribution in [2.45, 2.75) is 45.7 Å². The van der Waals surface area contributed by atoms with Crippen molar-refractivity contribution in [1.82, 2.24) is 4.90 Å². The van der Waals surface area contributed by atoms with Crippen LogP contribution in [0.15, 0.2) is 0 Å². The van der Waals surface area contributed by atoms with E-state index in [0.29, 0.717) is 0 Å². The lowest BCUT2D eigenvalue weighted by Crippen LogP contribution is -2.41. The summed E-state index contributed by atoms with van der Waals surface area (Å²) in [5, 5.41) is 8.81. The number of likely N-dealkylation sites (tertiary alicyclic amines) is 1. The van der Waals surface area contributed by atoms with Gasteiger partial charge in [-0.15, -0.1) is 0 Å². The number of carbonyl (C=O) groups excluding carboxylic acids is 1. The molecule has 104 valence electrons. The van der Waals surface area contributed by atoms with Gasteiger partial charge in [0.15, 0.2) is 0 Å². The van der Waals surface area contributed by atoms with Gasteiger partial charge in [-0.2, -0.15) is 0 Å². The maximum absolute atomic E-state index is 13.9. The Kier molecular flexibility index (Phi) is 4.71. The van der Waals surface area contributed by atoms with Crippen molar-refractivity contribution in [3.63, 3.8) is 0 Å². The highest BCUT2D eigenvalue weighted by Crippen LogP contribution is 2.29. The lowest BCUT2D eigenvalue weighted by molar-refractivity contribution is -0.150. The van der Waals surface area contributed by atoms with E-state index in [9.17, 15) is 14.0 Å². The van der Waals surface area contributed by atoms with Gasteiger partial charge in [0.05, 0.1) is 6.54 Å². The fraction of sp³-hybridized carbons (Fsp3) is 0.846. The van der Waals surface area contributed by atoms with Crippen LogP contribution in [0.5, 0.6) is 0 Å². The minimum atomic E-state index is -2.26. The number of amides is 1. The summed E-state index contributed by atoms with van der Waals surface area (Å²) in [7, 11) is 0. The quantitative estimate of drug-likeness (QED) is 0.822. The third-order valence-corrected chi connectivity index (χ3v) is 3.64. The van der Waals surface area contributed by atoms with Crippen molar-refractivity contribution >= 4 is 11.9 Å². The highest BCUT2D eigenvalue weighted by atomic mass is 19.1. The van der Waals surface area contributed by atoms with Crippen LogP contribution in [0.4, 0.5) is 4.39 Å². The molecule has 1 saturated heterocycles. The smallest absolute Gasteiger partial charge is 0.343 e. The van der Waals surface area contributed by atoms with E-state index < -0.39 is 11.6 Å². The minimum Gasteiger partial charge on any atom is -0.479 e. The van der Waals surface area contributed by atoms with Gasteiger partial charge in [-0.1, -0.05) is 27.2 Å². The van der Waals surface area contributed by atoms with E-state index in [1.165, 1.54) is 4.90 Å². The van der Waals surface area contributed by atoms with Crippen LogP contribution in [-0.4, -0.2) is 40.6 Å². The van der Waals surface area contributed by atoms with Gasteiger partial charge in [-0.25, -0.2) is 9.18 Å². The lowest BCUT2D eigenvalue weighted by Gasteiger charge is -2.26. The molecule has 2 atom stereocenters.